The van der Waals surface area contributed by atoms with Crippen LogP contribution in [0.3, 0.4) is 0 Å². The van der Waals surface area contributed by atoms with E-state index in [0.717, 1.165) is 42.7 Å². The van der Waals surface area contributed by atoms with Crippen molar-refractivity contribution >= 4 is 16.6 Å². The number of halogens is 1. The number of piperidine rings is 1. The van der Waals surface area contributed by atoms with Gasteiger partial charge in [0.15, 0.2) is 0 Å². The number of para-hydroxylation sites is 1. The maximum atomic E-state index is 14.0. The largest absolute Gasteiger partial charge is 0.382 e. The average Bonchev–Trinajstić information content (AvgIpc) is 2.56. The molecular weight excluding hydrogens is 295 g/mol. The summed E-state index contributed by atoms with van der Waals surface area (Å²) in [5, 5.41) is 0.884. The molecular formula is C18H23FN2O2. The van der Waals surface area contributed by atoms with Gasteiger partial charge in [-0.2, -0.15) is 0 Å². The monoisotopic (exact) mass is 318 g/mol. The van der Waals surface area contributed by atoms with Gasteiger partial charge in [-0.1, -0.05) is 12.1 Å². The second-order valence-corrected chi connectivity index (χ2v) is 5.97. The Balaban J connectivity index is 1.76. The Morgan fingerprint density at radius 3 is 2.78 bits per heavy atom. The van der Waals surface area contributed by atoms with Crippen LogP contribution in [-0.2, 0) is 9.47 Å². The average molecular weight is 318 g/mol. The highest BCUT2D eigenvalue weighted by Crippen LogP contribution is 2.30. The third kappa shape index (κ3) is 3.62. The zero-order chi connectivity index (χ0) is 16.2. The smallest absolute Gasteiger partial charge is 0.149 e. The van der Waals surface area contributed by atoms with Gasteiger partial charge in [-0.15, -0.1) is 0 Å². The normalized spacial score (nSPS) is 16.2. The molecule has 23 heavy (non-hydrogen) atoms. The third-order valence-electron chi connectivity index (χ3n) is 4.32. The van der Waals surface area contributed by atoms with Crippen molar-refractivity contribution in [2.24, 2.45) is 0 Å². The second-order valence-electron chi connectivity index (χ2n) is 5.97. The fraction of sp³-hybridized carbons (Fsp3) is 0.500. The molecule has 0 spiro atoms. The molecule has 0 aliphatic carbocycles. The molecule has 0 amide bonds. The zero-order valence-corrected chi connectivity index (χ0v) is 13.7. The van der Waals surface area contributed by atoms with E-state index in [0.29, 0.717) is 18.7 Å². The molecule has 0 unspecified atom stereocenters. The summed E-state index contributed by atoms with van der Waals surface area (Å²) in [5.41, 5.74) is 2.37. The van der Waals surface area contributed by atoms with E-state index in [-0.39, 0.29) is 11.9 Å². The Kier molecular flexibility index (Phi) is 5.08. The Morgan fingerprint density at radius 1 is 1.26 bits per heavy atom. The van der Waals surface area contributed by atoms with Gasteiger partial charge in [0.25, 0.3) is 0 Å². The van der Waals surface area contributed by atoms with Crippen molar-refractivity contribution in [2.75, 3.05) is 38.3 Å². The first kappa shape index (κ1) is 16.1. The van der Waals surface area contributed by atoms with Crippen LogP contribution in [-0.4, -0.2) is 44.5 Å². The molecule has 0 radical (unpaired) electrons. The maximum Gasteiger partial charge on any atom is 0.149 e. The number of pyridine rings is 1. The van der Waals surface area contributed by atoms with Crippen molar-refractivity contribution < 1.29 is 13.9 Å². The Labute approximate surface area is 136 Å². The number of nitrogens with zero attached hydrogens (tertiary/aromatic N) is 2. The molecule has 1 saturated heterocycles. The number of hydrogen-bond acceptors (Lipinski definition) is 4. The molecule has 1 fully saturated rings. The van der Waals surface area contributed by atoms with E-state index < -0.39 is 0 Å². The molecule has 4 nitrogen and oxygen atoms in total. The SMILES string of the molecule is COCCOC1CCN(c2cc(C)nc3c(F)cccc23)CC1. The van der Waals surface area contributed by atoms with Crippen molar-refractivity contribution in [3.05, 3.63) is 35.8 Å². The third-order valence-corrected chi connectivity index (χ3v) is 4.32. The summed E-state index contributed by atoms with van der Waals surface area (Å²) in [7, 11) is 1.68. The van der Waals surface area contributed by atoms with Crippen LogP contribution in [0.2, 0.25) is 0 Å². The molecule has 1 aliphatic rings. The van der Waals surface area contributed by atoms with Crippen LogP contribution in [0.15, 0.2) is 24.3 Å². The summed E-state index contributed by atoms with van der Waals surface area (Å²) in [6.07, 6.45) is 2.23. The first-order valence-corrected chi connectivity index (χ1v) is 8.10. The van der Waals surface area contributed by atoms with Crippen LogP contribution in [0.1, 0.15) is 18.5 Å². The fourth-order valence-electron chi connectivity index (χ4n) is 3.14. The van der Waals surface area contributed by atoms with Gasteiger partial charge in [0.05, 0.1) is 19.3 Å². The lowest BCUT2D eigenvalue weighted by molar-refractivity contribution is 0.00612. The molecule has 1 aromatic heterocycles. The van der Waals surface area contributed by atoms with Crippen molar-refractivity contribution in [2.45, 2.75) is 25.9 Å². The molecule has 124 valence electrons. The number of benzene rings is 1. The molecule has 0 atom stereocenters. The summed E-state index contributed by atoms with van der Waals surface area (Å²) in [5.74, 6) is -0.259. The second kappa shape index (κ2) is 7.23. The van der Waals surface area contributed by atoms with Gasteiger partial charge in [0, 0.05) is 37.0 Å². The number of fused-ring (bicyclic) bond motifs is 1. The highest BCUT2D eigenvalue weighted by atomic mass is 19.1. The zero-order valence-electron chi connectivity index (χ0n) is 13.7. The molecule has 3 rings (SSSR count). The summed E-state index contributed by atoms with van der Waals surface area (Å²) in [6.45, 7) is 5.01. The molecule has 0 N–H and O–H groups in total. The summed E-state index contributed by atoms with van der Waals surface area (Å²) >= 11 is 0. The van der Waals surface area contributed by atoms with Crippen LogP contribution in [0.5, 0.6) is 0 Å². The van der Waals surface area contributed by atoms with Gasteiger partial charge >= 0.3 is 0 Å². The fourth-order valence-corrected chi connectivity index (χ4v) is 3.14. The summed E-state index contributed by atoms with van der Waals surface area (Å²) in [4.78, 5) is 6.67. The minimum atomic E-state index is -0.259. The van der Waals surface area contributed by atoms with E-state index in [1.807, 2.05) is 19.1 Å². The molecule has 0 saturated carbocycles. The van der Waals surface area contributed by atoms with Crippen LogP contribution in [0, 0.1) is 12.7 Å². The summed E-state index contributed by atoms with van der Waals surface area (Å²) < 4.78 is 24.9. The Hall–Kier alpha value is -1.72. The number of rotatable bonds is 5. The maximum absolute atomic E-state index is 14.0. The minimum Gasteiger partial charge on any atom is -0.382 e. The van der Waals surface area contributed by atoms with E-state index in [1.165, 1.54) is 6.07 Å². The first-order valence-electron chi connectivity index (χ1n) is 8.10. The number of hydrogen-bond donors (Lipinski definition) is 0. The lowest BCUT2D eigenvalue weighted by Gasteiger charge is -2.34. The van der Waals surface area contributed by atoms with Crippen molar-refractivity contribution in [1.29, 1.82) is 0 Å². The van der Waals surface area contributed by atoms with Crippen molar-refractivity contribution in [1.82, 2.24) is 4.98 Å². The molecule has 2 aromatic rings. The standard InChI is InChI=1S/C18H23FN2O2/c1-13-12-17(15-4-3-5-16(19)18(15)20-13)21-8-6-14(7-9-21)23-11-10-22-2/h3-5,12,14H,6-11H2,1-2H3. The number of anilines is 1. The molecule has 1 aromatic carbocycles. The Bertz CT molecular complexity index is 669. The predicted molar refractivity (Wildman–Crippen MR) is 89.5 cm³/mol. The van der Waals surface area contributed by atoms with Crippen LogP contribution in [0.4, 0.5) is 10.1 Å². The number of aromatic nitrogens is 1. The van der Waals surface area contributed by atoms with Gasteiger partial charge in [0.1, 0.15) is 11.3 Å². The number of aryl methyl sites for hydroxylation is 1. The van der Waals surface area contributed by atoms with Crippen LogP contribution < -0.4 is 4.90 Å². The molecule has 5 heteroatoms. The lowest BCUT2D eigenvalue weighted by atomic mass is 10.0. The Morgan fingerprint density at radius 2 is 2.04 bits per heavy atom. The van der Waals surface area contributed by atoms with Gasteiger partial charge in [0.2, 0.25) is 0 Å². The van der Waals surface area contributed by atoms with Crippen LogP contribution >= 0.6 is 0 Å². The van der Waals surface area contributed by atoms with Gasteiger partial charge in [-0.3, -0.25) is 0 Å². The molecule has 2 heterocycles. The van der Waals surface area contributed by atoms with E-state index in [1.54, 1.807) is 13.2 Å². The van der Waals surface area contributed by atoms with E-state index in [2.05, 4.69) is 9.88 Å². The van der Waals surface area contributed by atoms with E-state index in [9.17, 15) is 4.39 Å². The van der Waals surface area contributed by atoms with Crippen molar-refractivity contribution in [3.8, 4) is 0 Å². The highest BCUT2D eigenvalue weighted by molar-refractivity contribution is 5.92. The van der Waals surface area contributed by atoms with Gasteiger partial charge < -0.3 is 14.4 Å². The molecule has 1 aliphatic heterocycles. The van der Waals surface area contributed by atoms with Crippen molar-refractivity contribution in [3.63, 3.8) is 0 Å². The highest BCUT2D eigenvalue weighted by Gasteiger charge is 2.22. The number of ether oxygens (including phenoxy) is 2. The van der Waals surface area contributed by atoms with Gasteiger partial charge in [-0.05, 0) is 31.9 Å². The van der Waals surface area contributed by atoms with Crippen LogP contribution in [0.25, 0.3) is 10.9 Å². The van der Waals surface area contributed by atoms with E-state index in [4.69, 9.17) is 9.47 Å². The predicted octanol–water partition coefficient (Wildman–Crippen LogP) is 3.31. The quantitative estimate of drug-likeness (QED) is 0.792. The van der Waals surface area contributed by atoms with E-state index >= 15 is 0 Å². The number of methoxy groups -OCH3 is 1. The first-order chi connectivity index (χ1) is 11.2. The molecule has 0 bridgehead atoms. The topological polar surface area (TPSA) is 34.6 Å². The van der Waals surface area contributed by atoms with Gasteiger partial charge in [-0.25, -0.2) is 9.37 Å². The lowest BCUT2D eigenvalue weighted by Crippen LogP contribution is -2.37. The summed E-state index contributed by atoms with van der Waals surface area (Å²) in [6, 6.07) is 7.21. The minimum absolute atomic E-state index is 0.259.